The Bertz CT molecular complexity index is 885. The molecule has 0 bridgehead atoms. The lowest BCUT2D eigenvalue weighted by Crippen LogP contribution is -2.64. The highest BCUT2D eigenvalue weighted by molar-refractivity contribution is 7.18. The third-order valence-corrected chi connectivity index (χ3v) is 4.63. The highest BCUT2D eigenvalue weighted by Crippen LogP contribution is 2.53. The molecule has 0 saturated carbocycles. The fraction of sp³-hybridized carbons (Fsp3) is 0.533. The predicted molar refractivity (Wildman–Crippen MR) is 83.8 cm³/mol. The summed E-state index contributed by atoms with van der Waals surface area (Å²) in [7, 11) is 0. The van der Waals surface area contributed by atoms with Crippen LogP contribution in [-0.4, -0.2) is 41.9 Å². The van der Waals surface area contributed by atoms with Crippen molar-refractivity contribution < 1.29 is 53.8 Å². The molecule has 0 aliphatic rings. The van der Waals surface area contributed by atoms with Gasteiger partial charge in [0.15, 0.2) is 0 Å². The molecule has 0 unspecified atom stereocenters. The van der Waals surface area contributed by atoms with E-state index >= 15 is 0 Å². The number of hydrogen-bond acceptors (Lipinski definition) is 5. The summed E-state index contributed by atoms with van der Waals surface area (Å²) in [5.41, 5.74) is -0.898. The SMILES string of the molecule is Cc1c(C(=O)OC(C)C)sc(NC(=O)C(F)(F)C(F)(F)C(F)(F)C(F)(F)F)c1C#N. The van der Waals surface area contributed by atoms with E-state index in [-0.39, 0.29) is 16.9 Å². The van der Waals surface area contributed by atoms with Gasteiger partial charge in [-0.15, -0.1) is 11.3 Å². The summed E-state index contributed by atoms with van der Waals surface area (Å²) in [5, 5.41) is 9.11. The number of thiophene rings is 1. The third-order valence-electron chi connectivity index (χ3n) is 3.44. The number of amides is 1. The third kappa shape index (κ3) is 4.18. The van der Waals surface area contributed by atoms with Gasteiger partial charge in [-0.2, -0.15) is 44.8 Å². The molecule has 15 heteroatoms. The molecule has 0 radical (unpaired) electrons. The molecular weight excluding hydrogens is 459 g/mol. The van der Waals surface area contributed by atoms with E-state index in [0.29, 0.717) is 0 Å². The molecular formula is C15H11F9N2O3S. The van der Waals surface area contributed by atoms with Crippen molar-refractivity contribution in [1.29, 1.82) is 5.26 Å². The smallest absolute Gasteiger partial charge is 0.459 e. The number of hydrogen-bond donors (Lipinski definition) is 1. The number of anilines is 1. The van der Waals surface area contributed by atoms with Gasteiger partial charge in [-0.1, -0.05) is 0 Å². The number of rotatable bonds is 6. The molecule has 1 rings (SSSR count). The van der Waals surface area contributed by atoms with Gasteiger partial charge in [-0.25, -0.2) is 4.79 Å². The fourth-order valence-electron chi connectivity index (χ4n) is 1.90. The minimum absolute atomic E-state index is 0.112. The van der Waals surface area contributed by atoms with Crippen LogP contribution in [0.3, 0.4) is 0 Å². The maximum absolute atomic E-state index is 13.7. The molecule has 1 N–H and O–H groups in total. The molecule has 1 aromatic rings. The first-order valence-corrected chi connectivity index (χ1v) is 8.40. The molecule has 1 aromatic heterocycles. The van der Waals surface area contributed by atoms with Crippen molar-refractivity contribution in [2.24, 2.45) is 0 Å². The molecule has 0 aromatic carbocycles. The lowest BCUT2D eigenvalue weighted by atomic mass is 10.0. The van der Waals surface area contributed by atoms with Gasteiger partial charge in [-0.05, 0) is 26.3 Å². The number of nitrogens with one attached hydrogen (secondary N) is 1. The molecule has 168 valence electrons. The number of alkyl halides is 9. The normalized spacial score (nSPS) is 13.2. The first kappa shape index (κ1) is 25.5. The van der Waals surface area contributed by atoms with Gasteiger partial charge in [0.05, 0.1) is 11.7 Å². The summed E-state index contributed by atoms with van der Waals surface area (Å²) in [6.07, 6.45) is -7.76. The van der Waals surface area contributed by atoms with Gasteiger partial charge in [0, 0.05) is 0 Å². The lowest BCUT2D eigenvalue weighted by molar-refractivity contribution is -0.388. The van der Waals surface area contributed by atoms with E-state index < -0.39 is 57.4 Å². The first-order chi connectivity index (χ1) is 13.3. The van der Waals surface area contributed by atoms with E-state index in [0.717, 1.165) is 12.2 Å². The zero-order valence-electron chi connectivity index (χ0n) is 15.1. The number of ether oxygens (including phenoxy) is 1. The highest BCUT2D eigenvalue weighted by Gasteiger charge is 2.83. The van der Waals surface area contributed by atoms with E-state index in [2.05, 4.69) is 0 Å². The molecule has 0 spiro atoms. The molecule has 1 heterocycles. The van der Waals surface area contributed by atoms with E-state index in [1.54, 1.807) is 0 Å². The van der Waals surface area contributed by atoms with Crippen LogP contribution in [0.4, 0.5) is 44.5 Å². The molecule has 0 saturated heterocycles. The molecule has 0 aliphatic heterocycles. The Labute approximate surface area is 166 Å². The number of carbonyl (C=O) groups excluding carboxylic acids is 2. The molecule has 0 fully saturated rings. The number of nitriles is 1. The average molecular weight is 470 g/mol. The van der Waals surface area contributed by atoms with Crippen molar-refractivity contribution in [2.75, 3.05) is 5.32 Å². The summed E-state index contributed by atoms with van der Waals surface area (Å²) < 4.78 is 121. The van der Waals surface area contributed by atoms with Gasteiger partial charge in [-0.3, -0.25) is 4.79 Å². The van der Waals surface area contributed by atoms with E-state index in [4.69, 9.17) is 10.00 Å². The van der Waals surface area contributed by atoms with Crippen LogP contribution in [0.2, 0.25) is 0 Å². The second-order valence-corrected chi connectivity index (χ2v) is 7.02. The Morgan fingerprint density at radius 1 is 1.03 bits per heavy atom. The topological polar surface area (TPSA) is 79.2 Å². The standard InChI is InChI=1S/C15H11F9N2O3S/c1-5(2)29-10(27)8-6(3)7(4-25)9(30-8)26-11(28)12(16,17)13(18,19)14(20,21)15(22,23)24/h5H,1-3H3,(H,26,28). The monoisotopic (exact) mass is 470 g/mol. The second-order valence-electron chi connectivity index (χ2n) is 6.00. The minimum Gasteiger partial charge on any atom is -0.459 e. The lowest BCUT2D eigenvalue weighted by Gasteiger charge is -2.32. The average Bonchev–Trinajstić information content (AvgIpc) is 2.88. The van der Waals surface area contributed by atoms with Crippen LogP contribution >= 0.6 is 11.3 Å². The van der Waals surface area contributed by atoms with Gasteiger partial charge in [0.1, 0.15) is 15.9 Å². The highest BCUT2D eigenvalue weighted by atomic mass is 32.1. The Morgan fingerprint density at radius 3 is 1.93 bits per heavy atom. The van der Waals surface area contributed by atoms with Crippen LogP contribution in [0.1, 0.15) is 34.6 Å². The van der Waals surface area contributed by atoms with Gasteiger partial charge >= 0.3 is 35.8 Å². The zero-order chi connectivity index (χ0) is 23.9. The molecule has 5 nitrogen and oxygen atoms in total. The zero-order valence-corrected chi connectivity index (χ0v) is 15.9. The number of esters is 1. The summed E-state index contributed by atoms with van der Waals surface area (Å²) in [4.78, 5) is 23.0. The Morgan fingerprint density at radius 2 is 1.53 bits per heavy atom. The minimum atomic E-state index is -7.25. The fourth-order valence-corrected chi connectivity index (χ4v) is 2.93. The van der Waals surface area contributed by atoms with Crippen molar-refractivity contribution >= 4 is 28.2 Å². The molecule has 0 atom stereocenters. The molecule has 1 amide bonds. The first-order valence-electron chi connectivity index (χ1n) is 7.59. The second kappa shape index (κ2) is 7.97. The Hall–Kier alpha value is -2.50. The van der Waals surface area contributed by atoms with Crippen molar-refractivity contribution in [3.63, 3.8) is 0 Å². The van der Waals surface area contributed by atoms with Crippen LogP contribution in [0.15, 0.2) is 0 Å². The van der Waals surface area contributed by atoms with Gasteiger partial charge in [0.2, 0.25) is 0 Å². The summed E-state index contributed by atoms with van der Waals surface area (Å²) in [6.45, 7) is 3.96. The number of nitrogens with zero attached hydrogens (tertiary/aromatic N) is 1. The molecule has 0 aliphatic carbocycles. The summed E-state index contributed by atoms with van der Waals surface area (Å²) >= 11 is 0.112. The summed E-state index contributed by atoms with van der Waals surface area (Å²) in [6, 6.07) is 1.37. The van der Waals surface area contributed by atoms with Crippen LogP contribution in [-0.2, 0) is 9.53 Å². The van der Waals surface area contributed by atoms with Crippen LogP contribution < -0.4 is 5.32 Å². The molecule has 30 heavy (non-hydrogen) atoms. The number of carbonyl (C=O) groups is 2. The maximum atomic E-state index is 13.7. The van der Waals surface area contributed by atoms with Crippen LogP contribution in [0, 0.1) is 18.3 Å². The quantitative estimate of drug-likeness (QED) is 0.474. The van der Waals surface area contributed by atoms with Gasteiger partial charge < -0.3 is 10.1 Å². The van der Waals surface area contributed by atoms with E-state index in [9.17, 15) is 49.1 Å². The van der Waals surface area contributed by atoms with E-state index in [1.165, 1.54) is 19.9 Å². The van der Waals surface area contributed by atoms with Crippen molar-refractivity contribution in [1.82, 2.24) is 0 Å². The predicted octanol–water partition coefficient (Wildman–Crippen LogP) is 4.90. The van der Waals surface area contributed by atoms with Crippen molar-refractivity contribution in [2.45, 2.75) is 50.8 Å². The van der Waals surface area contributed by atoms with E-state index in [1.807, 2.05) is 0 Å². The largest absolute Gasteiger partial charge is 0.460 e. The maximum Gasteiger partial charge on any atom is 0.460 e. The Balaban J connectivity index is 3.36. The van der Waals surface area contributed by atoms with Crippen molar-refractivity contribution in [3.05, 3.63) is 16.0 Å². The van der Waals surface area contributed by atoms with Crippen LogP contribution in [0.5, 0.6) is 0 Å². The van der Waals surface area contributed by atoms with Gasteiger partial charge in [0.25, 0.3) is 0 Å². The number of halogens is 9. The van der Waals surface area contributed by atoms with Crippen LogP contribution in [0.25, 0.3) is 0 Å². The summed E-state index contributed by atoms with van der Waals surface area (Å²) in [5.74, 6) is -25.3. The Kier molecular flexibility index (Phi) is 6.78. The van der Waals surface area contributed by atoms with Crippen molar-refractivity contribution in [3.8, 4) is 6.07 Å².